The van der Waals surface area contributed by atoms with Crippen LogP contribution in [-0.4, -0.2) is 77.5 Å². The predicted octanol–water partition coefficient (Wildman–Crippen LogP) is 3.86. The van der Waals surface area contributed by atoms with E-state index in [-0.39, 0.29) is 38.6 Å². The second-order valence-corrected chi connectivity index (χ2v) is 12.0. The molecule has 3 aromatic carbocycles. The monoisotopic (exact) mass is 603 g/mol. The van der Waals surface area contributed by atoms with Gasteiger partial charge in [0.2, 0.25) is 0 Å². The number of hydrogen-bond acceptors (Lipinski definition) is 11. The molecule has 0 saturated carbocycles. The van der Waals surface area contributed by atoms with E-state index in [1.54, 1.807) is 54.6 Å². The van der Waals surface area contributed by atoms with Crippen LogP contribution in [0.3, 0.4) is 0 Å². The highest BCUT2D eigenvalue weighted by Gasteiger charge is 2.15. The lowest BCUT2D eigenvalue weighted by molar-refractivity contribution is -0.870. The Bertz CT molecular complexity index is 1260. The molecule has 3 rings (SSSR count). The number of carbonyl (C=O) groups is 1. The molecule has 0 aliphatic rings. The molecule has 228 valence electrons. The third-order valence-electron chi connectivity index (χ3n) is 5.48. The Balaban J connectivity index is 1.48. The van der Waals surface area contributed by atoms with E-state index in [0.717, 1.165) is 0 Å². The van der Waals surface area contributed by atoms with E-state index in [9.17, 15) is 14.3 Å². The summed E-state index contributed by atoms with van der Waals surface area (Å²) in [5.74, 6) is 1.13. The molecular formula is C29H38N3O9P. The zero-order chi connectivity index (χ0) is 30.6. The molecule has 42 heavy (non-hydrogen) atoms. The summed E-state index contributed by atoms with van der Waals surface area (Å²) in [6, 6.07) is 18.3. The Morgan fingerprint density at radius 1 is 0.738 bits per heavy atom. The molecule has 13 heteroatoms. The number of likely N-dealkylation sites (N-methyl/N-ethyl adjacent to an activating group) is 1. The van der Waals surface area contributed by atoms with Gasteiger partial charge < -0.3 is 53.6 Å². The number of carbonyl (C=O) groups excluding carboxylic acids is 1. The fraction of sp³-hybridized carbons (Fsp3) is 0.345. The highest BCUT2D eigenvalue weighted by molar-refractivity contribution is 7.51. The molecule has 0 heterocycles. The summed E-state index contributed by atoms with van der Waals surface area (Å²) >= 11 is 0. The lowest BCUT2D eigenvalue weighted by Gasteiger charge is -2.27. The van der Waals surface area contributed by atoms with Crippen molar-refractivity contribution in [3.63, 3.8) is 0 Å². The van der Waals surface area contributed by atoms with E-state index >= 15 is 0 Å². The number of benzene rings is 3. The number of anilines is 2. The van der Waals surface area contributed by atoms with E-state index in [1.165, 1.54) is 12.1 Å². The first-order valence-corrected chi connectivity index (χ1v) is 14.9. The minimum absolute atomic E-state index is 0.0369. The van der Waals surface area contributed by atoms with E-state index in [2.05, 4.69) is 0 Å². The SMILES string of the molecule is C[N+](C)(C)CCOP(=O)([O-])COCCOCCOC(=O)c1cc(Oc2ccc(N)cc2)cc(Oc2ccc(N)cc2)c1. The third-order valence-corrected chi connectivity index (χ3v) is 6.55. The fourth-order valence-electron chi connectivity index (χ4n) is 3.32. The van der Waals surface area contributed by atoms with Gasteiger partial charge in [-0.05, 0) is 60.7 Å². The molecular weight excluding hydrogens is 565 g/mol. The van der Waals surface area contributed by atoms with Gasteiger partial charge in [0.25, 0.3) is 0 Å². The Labute approximate surface area is 245 Å². The molecule has 0 radical (unpaired) electrons. The maximum absolute atomic E-state index is 12.8. The Morgan fingerprint density at radius 2 is 1.24 bits per heavy atom. The van der Waals surface area contributed by atoms with Gasteiger partial charge in [0, 0.05) is 17.4 Å². The Morgan fingerprint density at radius 3 is 1.76 bits per heavy atom. The second-order valence-electron chi connectivity index (χ2n) is 10.3. The Hall–Kier alpha value is -3.64. The summed E-state index contributed by atoms with van der Waals surface area (Å²) in [5, 5.41) is 0. The predicted molar refractivity (Wildman–Crippen MR) is 157 cm³/mol. The molecule has 1 atom stereocenters. The van der Waals surface area contributed by atoms with E-state index in [1.807, 2.05) is 21.1 Å². The van der Waals surface area contributed by atoms with Crippen molar-refractivity contribution in [1.29, 1.82) is 0 Å². The minimum atomic E-state index is -4.08. The van der Waals surface area contributed by atoms with Gasteiger partial charge in [-0.1, -0.05) is 0 Å². The summed E-state index contributed by atoms with van der Waals surface area (Å²) < 4.78 is 45.1. The number of nitrogens with zero attached hydrogens (tertiary/aromatic N) is 1. The van der Waals surface area contributed by atoms with Crippen LogP contribution < -0.4 is 25.8 Å². The van der Waals surface area contributed by atoms with Crippen molar-refractivity contribution in [1.82, 2.24) is 0 Å². The molecule has 0 fully saturated rings. The number of nitrogens with two attached hydrogens (primary N) is 2. The van der Waals surface area contributed by atoms with Crippen LogP contribution in [0.25, 0.3) is 0 Å². The Kier molecular flexibility index (Phi) is 12.2. The first-order valence-electron chi connectivity index (χ1n) is 13.2. The van der Waals surface area contributed by atoms with Crippen molar-refractivity contribution in [3.8, 4) is 23.0 Å². The zero-order valence-corrected chi connectivity index (χ0v) is 24.9. The van der Waals surface area contributed by atoms with E-state index in [4.69, 9.17) is 39.7 Å². The van der Waals surface area contributed by atoms with Crippen molar-refractivity contribution in [2.24, 2.45) is 0 Å². The fourth-order valence-corrected chi connectivity index (χ4v) is 4.10. The second kappa shape index (κ2) is 15.5. The first-order chi connectivity index (χ1) is 19.9. The van der Waals surface area contributed by atoms with Gasteiger partial charge in [0.15, 0.2) is 7.60 Å². The molecule has 0 amide bonds. The molecule has 0 aliphatic heterocycles. The number of hydrogen-bond donors (Lipinski definition) is 2. The van der Waals surface area contributed by atoms with Crippen LogP contribution in [0.5, 0.6) is 23.0 Å². The van der Waals surface area contributed by atoms with Gasteiger partial charge in [-0.15, -0.1) is 0 Å². The van der Waals surface area contributed by atoms with Crippen LogP contribution in [-0.2, 0) is 23.3 Å². The molecule has 1 unspecified atom stereocenters. The largest absolute Gasteiger partial charge is 0.777 e. The minimum Gasteiger partial charge on any atom is -0.777 e. The average molecular weight is 604 g/mol. The van der Waals surface area contributed by atoms with Gasteiger partial charge in [-0.3, -0.25) is 0 Å². The van der Waals surface area contributed by atoms with Gasteiger partial charge in [0.1, 0.15) is 49.1 Å². The number of nitrogen functional groups attached to an aromatic ring is 2. The summed E-state index contributed by atoms with van der Waals surface area (Å²) in [4.78, 5) is 24.7. The smallest absolute Gasteiger partial charge is 0.338 e. The highest BCUT2D eigenvalue weighted by Crippen LogP contribution is 2.36. The quantitative estimate of drug-likeness (QED) is 0.0757. The van der Waals surface area contributed by atoms with E-state index < -0.39 is 19.9 Å². The van der Waals surface area contributed by atoms with Gasteiger partial charge in [-0.25, -0.2) is 4.79 Å². The summed E-state index contributed by atoms with van der Waals surface area (Å²) in [6.45, 7) is 0.826. The first kappa shape index (κ1) is 32.9. The molecule has 3 aromatic rings. The topological polar surface area (TPSA) is 165 Å². The van der Waals surface area contributed by atoms with Crippen LogP contribution in [0, 0.1) is 0 Å². The number of ether oxygens (including phenoxy) is 5. The third kappa shape index (κ3) is 12.5. The van der Waals surface area contributed by atoms with Crippen molar-refractivity contribution in [2.75, 3.05) is 78.5 Å². The maximum atomic E-state index is 12.8. The van der Waals surface area contributed by atoms with Crippen molar-refractivity contribution in [2.45, 2.75) is 0 Å². The molecule has 0 aromatic heterocycles. The highest BCUT2D eigenvalue weighted by atomic mass is 31.2. The molecule has 0 bridgehead atoms. The van der Waals surface area contributed by atoms with Gasteiger partial charge in [-0.2, -0.15) is 0 Å². The summed E-state index contributed by atoms with van der Waals surface area (Å²) in [6.07, 6.45) is -0.544. The number of esters is 1. The van der Waals surface area contributed by atoms with Crippen molar-refractivity contribution < 1.29 is 46.9 Å². The van der Waals surface area contributed by atoms with Gasteiger partial charge >= 0.3 is 5.97 Å². The maximum Gasteiger partial charge on any atom is 0.338 e. The molecule has 4 N–H and O–H groups in total. The van der Waals surface area contributed by atoms with Crippen LogP contribution in [0.1, 0.15) is 10.4 Å². The molecule has 12 nitrogen and oxygen atoms in total. The average Bonchev–Trinajstić information content (AvgIpc) is 2.91. The van der Waals surface area contributed by atoms with Crippen molar-refractivity contribution >= 4 is 24.9 Å². The molecule has 0 saturated heterocycles. The number of rotatable bonds is 17. The van der Waals surface area contributed by atoms with Crippen LogP contribution in [0.15, 0.2) is 66.7 Å². The zero-order valence-electron chi connectivity index (χ0n) is 24.0. The number of quaternary nitrogens is 1. The summed E-state index contributed by atoms with van der Waals surface area (Å²) in [7, 11) is 1.73. The van der Waals surface area contributed by atoms with Crippen LogP contribution >= 0.6 is 7.60 Å². The molecule has 0 spiro atoms. The molecule has 0 aliphatic carbocycles. The summed E-state index contributed by atoms with van der Waals surface area (Å²) in [5.41, 5.74) is 12.9. The van der Waals surface area contributed by atoms with Gasteiger partial charge in [0.05, 0.1) is 46.5 Å². The standard InChI is InChI=1S/C29H38N3O9P/c1-32(2,3)12-13-39-42(34,35)21-37-15-14-36-16-17-38-29(33)22-18-27(40-25-8-4-23(30)5-9-25)20-28(19-22)41-26-10-6-24(31)7-11-26/h4-11,18-20H,12-17,21,30-31H2,1-3H3. The van der Waals surface area contributed by atoms with E-state index in [0.29, 0.717) is 45.4 Å². The van der Waals surface area contributed by atoms with Crippen LogP contribution in [0.2, 0.25) is 0 Å². The lowest BCUT2D eigenvalue weighted by Crippen LogP contribution is -2.37. The lowest BCUT2D eigenvalue weighted by atomic mass is 10.2. The normalized spacial score (nSPS) is 12.9. The van der Waals surface area contributed by atoms with Crippen molar-refractivity contribution in [3.05, 3.63) is 72.3 Å². The van der Waals surface area contributed by atoms with Crippen LogP contribution in [0.4, 0.5) is 11.4 Å².